The van der Waals surface area contributed by atoms with Crippen LogP contribution in [0.15, 0.2) is 30.3 Å². The molecule has 2 N–H and O–H groups in total. The van der Waals surface area contributed by atoms with Crippen LogP contribution in [0, 0.1) is 0 Å². The Hall–Kier alpha value is -1.82. The number of amides is 1. The van der Waals surface area contributed by atoms with Gasteiger partial charge in [-0.25, -0.2) is 4.79 Å². The second-order valence-electron chi connectivity index (χ2n) is 5.74. The number of benzene rings is 1. The maximum atomic E-state index is 11.5. The second kappa shape index (κ2) is 8.58. The molecule has 0 aromatic heterocycles. The van der Waals surface area contributed by atoms with E-state index in [1.165, 1.54) is 0 Å². The molecule has 5 nitrogen and oxygen atoms in total. The van der Waals surface area contributed by atoms with Crippen LogP contribution in [-0.4, -0.2) is 36.4 Å². The lowest BCUT2D eigenvalue weighted by Gasteiger charge is -2.24. The monoisotopic (exact) mass is 323 g/mol. The molecule has 0 spiro atoms. The second-order valence-corrected chi connectivity index (χ2v) is 6.13. The Balaban J connectivity index is 2.35. The Morgan fingerprint density at radius 1 is 1.18 bits per heavy atom. The minimum atomic E-state index is -0.487. The Morgan fingerprint density at radius 3 is 2.32 bits per heavy atom. The van der Waals surface area contributed by atoms with Gasteiger partial charge >= 0.3 is 6.09 Å². The summed E-state index contributed by atoms with van der Waals surface area (Å²) in [4.78, 5) is 13.5. The number of hydrogen-bond donors (Lipinski definition) is 2. The summed E-state index contributed by atoms with van der Waals surface area (Å²) in [5, 5.41) is 6.47. The van der Waals surface area contributed by atoms with Gasteiger partial charge in [0, 0.05) is 25.3 Å². The molecular weight excluding hydrogens is 298 g/mol. The number of hydrogen-bond acceptors (Lipinski definition) is 3. The fraction of sp³-hybridized carbons (Fsp3) is 0.500. The minimum absolute atomic E-state index is 0.421. The summed E-state index contributed by atoms with van der Waals surface area (Å²) in [5.41, 5.74) is 0.557. The van der Waals surface area contributed by atoms with E-state index in [2.05, 4.69) is 10.6 Å². The van der Waals surface area contributed by atoms with Crippen LogP contribution in [-0.2, 0) is 4.74 Å². The molecule has 1 aromatic rings. The average Bonchev–Trinajstić information content (AvgIpc) is 2.44. The van der Waals surface area contributed by atoms with Gasteiger partial charge < -0.3 is 20.3 Å². The molecule has 1 amide bonds. The van der Waals surface area contributed by atoms with Crippen LogP contribution >= 0.6 is 12.2 Å². The van der Waals surface area contributed by atoms with E-state index in [0.29, 0.717) is 18.2 Å². The number of thiocarbonyl (C=S) groups is 1. The van der Waals surface area contributed by atoms with Crippen LogP contribution in [0.2, 0.25) is 0 Å². The molecular formula is C16H25N3O2S. The molecule has 22 heavy (non-hydrogen) atoms. The molecule has 0 fully saturated rings. The van der Waals surface area contributed by atoms with Gasteiger partial charge in [0.2, 0.25) is 0 Å². The van der Waals surface area contributed by atoms with Gasteiger partial charge in [-0.2, -0.15) is 0 Å². The molecule has 1 rings (SSSR count). The molecule has 0 atom stereocenters. The summed E-state index contributed by atoms with van der Waals surface area (Å²) in [7, 11) is 0. The maximum absolute atomic E-state index is 11.5. The highest BCUT2D eigenvalue weighted by Crippen LogP contribution is 2.12. The number of ether oxygens (including phenoxy) is 1. The van der Waals surface area contributed by atoms with Crippen molar-refractivity contribution in [3.63, 3.8) is 0 Å². The number of nitrogens with one attached hydrogen (secondary N) is 2. The normalized spacial score (nSPS) is 10.7. The zero-order valence-corrected chi connectivity index (χ0v) is 14.5. The third kappa shape index (κ3) is 6.76. The van der Waals surface area contributed by atoms with Gasteiger partial charge in [0.1, 0.15) is 5.60 Å². The smallest absolute Gasteiger partial charge is 0.407 e. The minimum Gasteiger partial charge on any atom is -0.444 e. The Morgan fingerprint density at radius 2 is 1.77 bits per heavy atom. The highest BCUT2D eigenvalue weighted by molar-refractivity contribution is 7.80. The predicted octanol–water partition coefficient (Wildman–Crippen LogP) is 2.91. The Bertz CT molecular complexity index is 486. The van der Waals surface area contributed by atoms with E-state index >= 15 is 0 Å². The molecule has 0 aliphatic carbocycles. The number of carbonyl (C=O) groups excluding carboxylic acids is 1. The van der Waals surface area contributed by atoms with Crippen LogP contribution < -0.4 is 15.5 Å². The lowest BCUT2D eigenvalue weighted by atomic mass is 10.2. The van der Waals surface area contributed by atoms with Crippen molar-refractivity contribution in [3.8, 4) is 0 Å². The molecule has 0 saturated heterocycles. The topological polar surface area (TPSA) is 53.6 Å². The molecule has 0 saturated carbocycles. The van der Waals surface area contributed by atoms with Crippen molar-refractivity contribution in [1.29, 1.82) is 0 Å². The molecule has 6 heteroatoms. The largest absolute Gasteiger partial charge is 0.444 e. The first-order chi connectivity index (χ1) is 10.3. The average molecular weight is 323 g/mol. The van der Waals surface area contributed by atoms with Crippen LogP contribution in [0.5, 0.6) is 0 Å². The Labute approximate surface area is 138 Å². The molecule has 0 bridgehead atoms. The van der Waals surface area contributed by atoms with E-state index in [-0.39, 0.29) is 0 Å². The molecule has 0 radical (unpaired) electrons. The highest BCUT2D eigenvalue weighted by atomic mass is 32.1. The van der Waals surface area contributed by atoms with Crippen molar-refractivity contribution < 1.29 is 9.53 Å². The predicted molar refractivity (Wildman–Crippen MR) is 94.3 cm³/mol. The third-order valence-corrected chi connectivity index (χ3v) is 3.06. The SMILES string of the molecule is CCN(C(=S)NCCNC(=O)OC(C)(C)C)c1ccccc1. The summed E-state index contributed by atoms with van der Waals surface area (Å²) in [6.45, 7) is 9.30. The van der Waals surface area contributed by atoms with Gasteiger partial charge in [-0.1, -0.05) is 18.2 Å². The van der Waals surface area contributed by atoms with Crippen molar-refractivity contribution >= 4 is 29.1 Å². The van der Waals surface area contributed by atoms with Crippen molar-refractivity contribution in [1.82, 2.24) is 10.6 Å². The maximum Gasteiger partial charge on any atom is 0.407 e. The fourth-order valence-electron chi connectivity index (χ4n) is 1.79. The fourth-order valence-corrected chi connectivity index (χ4v) is 2.13. The zero-order chi connectivity index (χ0) is 16.6. The van der Waals surface area contributed by atoms with Gasteiger partial charge in [0.25, 0.3) is 0 Å². The summed E-state index contributed by atoms with van der Waals surface area (Å²) < 4.78 is 5.16. The van der Waals surface area contributed by atoms with Gasteiger partial charge in [0.15, 0.2) is 5.11 Å². The number of rotatable bonds is 5. The van der Waals surface area contributed by atoms with E-state index in [9.17, 15) is 4.79 Å². The molecule has 0 aliphatic rings. The molecule has 1 aromatic carbocycles. The summed E-state index contributed by atoms with van der Waals surface area (Å²) in [5.74, 6) is 0. The van der Waals surface area contributed by atoms with Crippen LogP contribution in [0.3, 0.4) is 0 Å². The van der Waals surface area contributed by atoms with Crippen molar-refractivity contribution in [2.24, 2.45) is 0 Å². The number of nitrogens with zero attached hydrogens (tertiary/aromatic N) is 1. The first-order valence-electron chi connectivity index (χ1n) is 7.40. The molecule has 0 unspecified atom stereocenters. The van der Waals surface area contributed by atoms with Gasteiger partial charge in [-0.3, -0.25) is 0 Å². The summed E-state index contributed by atoms with van der Waals surface area (Å²) in [6, 6.07) is 9.95. The van der Waals surface area contributed by atoms with E-state index in [1.54, 1.807) is 0 Å². The van der Waals surface area contributed by atoms with Crippen molar-refractivity contribution in [3.05, 3.63) is 30.3 Å². The summed E-state index contributed by atoms with van der Waals surface area (Å²) in [6.07, 6.45) is -0.421. The standard InChI is InChI=1S/C16H25N3O2S/c1-5-19(13-9-7-6-8-10-13)14(22)17-11-12-18-15(20)21-16(2,3)4/h6-10H,5,11-12H2,1-4H3,(H,17,22)(H,18,20). The van der Waals surface area contributed by atoms with E-state index in [4.69, 9.17) is 17.0 Å². The first-order valence-corrected chi connectivity index (χ1v) is 7.81. The van der Waals surface area contributed by atoms with Crippen LogP contribution in [0.4, 0.5) is 10.5 Å². The summed E-state index contributed by atoms with van der Waals surface area (Å²) >= 11 is 5.39. The van der Waals surface area contributed by atoms with Gasteiger partial charge in [0.05, 0.1) is 0 Å². The zero-order valence-electron chi connectivity index (χ0n) is 13.7. The quantitative estimate of drug-likeness (QED) is 0.644. The van der Waals surface area contributed by atoms with Crippen molar-refractivity contribution in [2.45, 2.75) is 33.3 Å². The first kappa shape index (κ1) is 18.2. The van der Waals surface area contributed by atoms with Crippen LogP contribution in [0.25, 0.3) is 0 Å². The van der Waals surface area contributed by atoms with E-state index in [1.807, 2.05) is 62.9 Å². The van der Waals surface area contributed by atoms with E-state index < -0.39 is 11.7 Å². The highest BCUT2D eigenvalue weighted by Gasteiger charge is 2.15. The number of para-hydroxylation sites is 1. The lowest BCUT2D eigenvalue weighted by Crippen LogP contribution is -2.43. The number of carbonyl (C=O) groups is 1. The number of alkyl carbamates (subject to hydrolysis) is 1. The lowest BCUT2D eigenvalue weighted by molar-refractivity contribution is 0.0529. The Kier molecular flexibility index (Phi) is 7.11. The van der Waals surface area contributed by atoms with Gasteiger partial charge in [-0.15, -0.1) is 0 Å². The molecule has 0 aliphatic heterocycles. The van der Waals surface area contributed by atoms with Gasteiger partial charge in [-0.05, 0) is 52.0 Å². The van der Waals surface area contributed by atoms with Crippen LogP contribution in [0.1, 0.15) is 27.7 Å². The van der Waals surface area contributed by atoms with E-state index in [0.717, 1.165) is 12.2 Å². The molecule has 122 valence electrons. The molecule has 0 heterocycles. The van der Waals surface area contributed by atoms with Crippen molar-refractivity contribution in [2.75, 3.05) is 24.5 Å². The number of anilines is 1. The third-order valence-electron chi connectivity index (χ3n) is 2.70.